The van der Waals surface area contributed by atoms with Crippen LogP contribution in [0.1, 0.15) is 0 Å². The third kappa shape index (κ3) is 3.74. The van der Waals surface area contributed by atoms with E-state index in [-0.39, 0.29) is 5.54 Å². The molecule has 0 heterocycles. The largest absolute Gasteiger partial charge is 0.417 e. The zero-order valence-electron chi connectivity index (χ0n) is 4.72. The summed E-state index contributed by atoms with van der Waals surface area (Å²) < 4.78 is 32.9. The zero-order valence-corrected chi connectivity index (χ0v) is 7.75. The van der Waals surface area contributed by atoms with Crippen LogP contribution in [-0.2, 0) is 0 Å². The van der Waals surface area contributed by atoms with Crippen molar-refractivity contribution in [1.82, 2.24) is 0 Å². The normalized spacial score (nSPS) is 15.4. The lowest BCUT2D eigenvalue weighted by Crippen LogP contribution is -2.22. The van der Waals surface area contributed by atoms with Crippen LogP contribution in [0.2, 0.25) is 0 Å². The Morgan fingerprint density at radius 1 is 1.09 bits per heavy atom. The predicted octanol–water partition coefficient (Wildman–Crippen LogP) is 4.04. The molecule has 0 rings (SSSR count). The van der Waals surface area contributed by atoms with Crippen molar-refractivity contribution < 1.29 is 13.2 Å². The number of hydrogen-bond donors (Lipinski definition) is 0. The van der Waals surface area contributed by atoms with Crippen LogP contribution >= 0.6 is 46.4 Å². The van der Waals surface area contributed by atoms with Gasteiger partial charge in [0, 0.05) is 5.54 Å². The molecule has 0 spiro atoms. The molecule has 0 unspecified atom stereocenters. The summed E-state index contributed by atoms with van der Waals surface area (Å²) in [4.78, 5) is 0. The van der Waals surface area contributed by atoms with Crippen LogP contribution in [-0.4, -0.2) is 9.97 Å². The third-order valence-electron chi connectivity index (χ3n) is 0.720. The molecule has 0 radical (unpaired) electrons. The Kier molecular flexibility index (Phi) is 3.83. The van der Waals surface area contributed by atoms with Gasteiger partial charge in [-0.3, -0.25) is 0 Å². The quantitative estimate of drug-likeness (QED) is 0.567. The summed E-state index contributed by atoms with van der Waals surface area (Å²) in [5, 5.41) is 0. The van der Waals surface area contributed by atoms with E-state index in [0.717, 1.165) is 0 Å². The van der Waals surface area contributed by atoms with Crippen LogP contribution in [0.5, 0.6) is 0 Å². The molecule has 0 nitrogen and oxygen atoms in total. The number of alkyl halides is 6. The molecule has 0 amide bonds. The Bertz CT molecular complexity index is 149. The van der Waals surface area contributed by atoms with Crippen molar-refractivity contribution in [1.29, 1.82) is 0 Å². The lowest BCUT2D eigenvalue weighted by Gasteiger charge is -2.17. The average molecular weight is 248 g/mol. The van der Waals surface area contributed by atoms with Gasteiger partial charge in [-0.25, -0.2) is 0 Å². The molecule has 0 saturated heterocycles. The van der Waals surface area contributed by atoms with Gasteiger partial charge in [0.2, 0.25) is 3.79 Å². The average Bonchev–Trinajstić information content (AvgIpc) is 1.56. The Labute approximate surface area is 80.9 Å². The van der Waals surface area contributed by atoms with Crippen molar-refractivity contribution in [3.8, 4) is 0 Å². The van der Waals surface area contributed by atoms with Crippen molar-refractivity contribution in [3.63, 3.8) is 0 Å². The van der Waals surface area contributed by atoms with E-state index in [4.69, 9.17) is 46.4 Å². The molecule has 0 aliphatic heterocycles. The van der Waals surface area contributed by atoms with Crippen LogP contribution in [0, 0.1) is 0 Å². The van der Waals surface area contributed by atoms with E-state index < -0.39 is 15.5 Å². The topological polar surface area (TPSA) is 0 Å². The molecular weight excluding hydrogens is 247 g/mol. The number of hydrogen-bond acceptors (Lipinski definition) is 0. The van der Waals surface area contributed by atoms with E-state index >= 15 is 0 Å². The van der Waals surface area contributed by atoms with Gasteiger partial charge in [-0.05, 0) is 0 Å². The summed E-state index contributed by atoms with van der Waals surface area (Å²) >= 11 is 19.6. The first-order valence-corrected chi connectivity index (χ1v) is 3.71. The van der Waals surface area contributed by atoms with Crippen molar-refractivity contribution in [2.24, 2.45) is 0 Å². The van der Waals surface area contributed by atoms with E-state index in [1.54, 1.807) is 0 Å². The Morgan fingerprint density at radius 2 is 1.45 bits per heavy atom. The van der Waals surface area contributed by atoms with Crippen LogP contribution in [0.25, 0.3) is 0 Å². The Hall–Kier alpha value is 0.690. The summed E-state index contributed by atoms with van der Waals surface area (Å²) in [7, 11) is 0. The molecule has 0 bridgehead atoms. The fraction of sp³-hybridized carbons (Fsp3) is 0.500. The summed E-state index contributed by atoms with van der Waals surface area (Å²) in [5.74, 6) is 0. The van der Waals surface area contributed by atoms with Gasteiger partial charge in [0.15, 0.2) is 0 Å². The molecule has 0 aliphatic rings. The highest BCUT2D eigenvalue weighted by Gasteiger charge is 2.45. The summed E-state index contributed by atoms with van der Waals surface area (Å²) in [6, 6.07) is 0. The monoisotopic (exact) mass is 246 g/mol. The number of allylic oxidation sites excluding steroid dienone is 1. The maximum Gasteiger partial charge on any atom is 0.417 e. The molecule has 0 aromatic heterocycles. The number of rotatable bonds is 0. The molecule has 7 heteroatoms. The van der Waals surface area contributed by atoms with Crippen LogP contribution < -0.4 is 0 Å². The van der Waals surface area contributed by atoms with E-state index in [2.05, 4.69) is 0 Å². The molecule has 0 aromatic carbocycles. The first-order valence-electron chi connectivity index (χ1n) is 2.14. The standard InChI is InChI=1S/C4HCl4F3/c5-1-2(3(6,7)8)4(9,10)11/h1H/b2-1+. The van der Waals surface area contributed by atoms with E-state index in [1.807, 2.05) is 0 Å². The third-order valence-corrected chi connectivity index (χ3v) is 1.55. The molecular formula is C4HCl4F3. The maximum atomic E-state index is 11.8. The van der Waals surface area contributed by atoms with E-state index in [9.17, 15) is 13.2 Å². The zero-order chi connectivity index (χ0) is 9.28. The number of halogens is 7. The highest BCUT2D eigenvalue weighted by molar-refractivity contribution is 6.69. The molecule has 66 valence electrons. The summed E-state index contributed by atoms with van der Waals surface area (Å²) in [6.07, 6.45) is -4.72. The molecule has 0 atom stereocenters. The van der Waals surface area contributed by atoms with Gasteiger partial charge in [-0.1, -0.05) is 46.4 Å². The molecule has 0 fully saturated rings. The fourth-order valence-corrected chi connectivity index (χ4v) is 1.22. The predicted molar refractivity (Wildman–Crippen MR) is 40.3 cm³/mol. The van der Waals surface area contributed by atoms with Crippen LogP contribution in [0.4, 0.5) is 13.2 Å². The van der Waals surface area contributed by atoms with Gasteiger partial charge in [-0.2, -0.15) is 13.2 Å². The van der Waals surface area contributed by atoms with Gasteiger partial charge < -0.3 is 0 Å². The van der Waals surface area contributed by atoms with Gasteiger partial charge in [-0.15, -0.1) is 0 Å². The second kappa shape index (κ2) is 3.60. The second-order valence-corrected chi connectivity index (χ2v) is 4.02. The van der Waals surface area contributed by atoms with Crippen LogP contribution in [0.15, 0.2) is 11.1 Å². The first kappa shape index (κ1) is 11.7. The molecule has 0 aliphatic carbocycles. The van der Waals surface area contributed by atoms with E-state index in [1.165, 1.54) is 0 Å². The summed E-state index contributed by atoms with van der Waals surface area (Å²) in [5.41, 5.74) is -1.20. The maximum absolute atomic E-state index is 11.8. The van der Waals surface area contributed by atoms with Crippen molar-refractivity contribution >= 4 is 46.4 Å². The van der Waals surface area contributed by atoms with Crippen LogP contribution in [0.3, 0.4) is 0 Å². The SMILES string of the molecule is FC(F)(F)/C(=C/Cl)C(Cl)(Cl)Cl. The van der Waals surface area contributed by atoms with Crippen molar-refractivity contribution in [3.05, 3.63) is 11.1 Å². The molecule has 0 saturated carbocycles. The lowest BCUT2D eigenvalue weighted by atomic mass is 10.3. The van der Waals surface area contributed by atoms with Gasteiger partial charge in [0.1, 0.15) is 0 Å². The van der Waals surface area contributed by atoms with Crippen molar-refractivity contribution in [2.75, 3.05) is 0 Å². The molecule has 0 N–H and O–H groups in total. The fourth-order valence-electron chi connectivity index (χ4n) is 0.284. The minimum Gasteiger partial charge on any atom is -0.166 e. The smallest absolute Gasteiger partial charge is 0.166 e. The molecule has 11 heavy (non-hydrogen) atoms. The summed E-state index contributed by atoms with van der Waals surface area (Å²) in [6.45, 7) is 0. The molecule has 0 aromatic rings. The van der Waals surface area contributed by atoms with Crippen molar-refractivity contribution in [2.45, 2.75) is 9.97 Å². The Balaban J connectivity index is 4.74. The lowest BCUT2D eigenvalue weighted by molar-refractivity contribution is -0.0925. The van der Waals surface area contributed by atoms with Gasteiger partial charge in [0.25, 0.3) is 0 Å². The first-order chi connectivity index (χ1) is 4.69. The Morgan fingerprint density at radius 3 is 1.45 bits per heavy atom. The van der Waals surface area contributed by atoms with Gasteiger partial charge >= 0.3 is 6.18 Å². The minimum absolute atomic E-state index is 0.201. The minimum atomic E-state index is -4.72. The second-order valence-electron chi connectivity index (χ2n) is 1.52. The van der Waals surface area contributed by atoms with Gasteiger partial charge in [0.05, 0.1) is 5.57 Å². The highest BCUT2D eigenvalue weighted by atomic mass is 35.6. The highest BCUT2D eigenvalue weighted by Crippen LogP contribution is 2.43. The van der Waals surface area contributed by atoms with E-state index in [0.29, 0.717) is 0 Å².